The molecule has 0 radical (unpaired) electrons. The van der Waals surface area contributed by atoms with Crippen molar-refractivity contribution in [2.45, 2.75) is 12.5 Å². The molecule has 0 saturated heterocycles. The van der Waals surface area contributed by atoms with E-state index in [2.05, 4.69) is 66.1 Å². The van der Waals surface area contributed by atoms with Gasteiger partial charge in [-0.2, -0.15) is 0 Å². The number of nitrogens with one attached hydrogen (secondary N) is 1. The Hall–Kier alpha value is -1.64. The molecule has 0 aliphatic rings. The Bertz CT molecular complexity index is 451. The van der Waals surface area contributed by atoms with Gasteiger partial charge in [-0.05, 0) is 17.5 Å². The van der Waals surface area contributed by atoms with Gasteiger partial charge in [-0.15, -0.1) is 0 Å². The summed E-state index contributed by atoms with van der Waals surface area (Å²) in [5.41, 5.74) is 6.14. The summed E-state index contributed by atoms with van der Waals surface area (Å²) in [6.45, 7) is 0. The van der Waals surface area contributed by atoms with Crippen LogP contribution in [0.1, 0.15) is 17.2 Å². The summed E-state index contributed by atoms with van der Waals surface area (Å²) in [7, 11) is 4.06. The van der Waals surface area contributed by atoms with Gasteiger partial charge < -0.3 is 0 Å². The second-order valence-electron chi connectivity index (χ2n) is 4.68. The standard InChI is InChI=1S/C16H20N2/c1-18(2)17-16(15-11-7-4-8-12-15)13-14-9-5-3-6-10-14/h3-12,16-17H,13H2,1-2H3. The van der Waals surface area contributed by atoms with E-state index in [1.54, 1.807) is 0 Å². The second kappa shape index (κ2) is 6.34. The number of hydrogen-bond donors (Lipinski definition) is 1. The van der Waals surface area contributed by atoms with Crippen molar-refractivity contribution in [1.82, 2.24) is 10.4 Å². The monoisotopic (exact) mass is 240 g/mol. The number of hydrazine groups is 1. The molecule has 0 bridgehead atoms. The maximum atomic E-state index is 3.48. The number of nitrogens with zero attached hydrogens (tertiary/aromatic N) is 1. The Morgan fingerprint density at radius 3 is 2.00 bits per heavy atom. The Labute approximate surface area is 109 Å². The van der Waals surface area contributed by atoms with Crippen molar-refractivity contribution in [1.29, 1.82) is 0 Å². The van der Waals surface area contributed by atoms with Crippen LogP contribution in [-0.4, -0.2) is 19.1 Å². The molecular weight excluding hydrogens is 220 g/mol. The fraction of sp³-hybridized carbons (Fsp3) is 0.250. The van der Waals surface area contributed by atoms with Gasteiger partial charge in [0, 0.05) is 14.1 Å². The quantitative estimate of drug-likeness (QED) is 0.808. The molecule has 2 heteroatoms. The van der Waals surface area contributed by atoms with Crippen LogP contribution in [0.4, 0.5) is 0 Å². The number of rotatable bonds is 5. The SMILES string of the molecule is CN(C)NC(Cc1ccccc1)c1ccccc1. The number of benzene rings is 2. The van der Waals surface area contributed by atoms with E-state index in [-0.39, 0.29) is 0 Å². The van der Waals surface area contributed by atoms with Crippen molar-refractivity contribution in [3.05, 3.63) is 71.8 Å². The molecule has 0 aliphatic carbocycles. The van der Waals surface area contributed by atoms with E-state index in [9.17, 15) is 0 Å². The zero-order valence-corrected chi connectivity index (χ0v) is 11.0. The van der Waals surface area contributed by atoms with Gasteiger partial charge in [0.25, 0.3) is 0 Å². The molecule has 0 saturated carbocycles. The maximum absolute atomic E-state index is 3.48. The first-order chi connectivity index (χ1) is 8.75. The Morgan fingerprint density at radius 2 is 1.44 bits per heavy atom. The third kappa shape index (κ3) is 3.69. The molecule has 1 N–H and O–H groups in total. The number of hydrogen-bond acceptors (Lipinski definition) is 2. The zero-order chi connectivity index (χ0) is 12.8. The Balaban J connectivity index is 2.16. The van der Waals surface area contributed by atoms with E-state index in [1.165, 1.54) is 11.1 Å². The average molecular weight is 240 g/mol. The third-order valence-corrected chi connectivity index (χ3v) is 2.90. The predicted molar refractivity (Wildman–Crippen MR) is 76.2 cm³/mol. The molecular formula is C16H20N2. The van der Waals surface area contributed by atoms with Crippen molar-refractivity contribution >= 4 is 0 Å². The normalized spacial score (nSPS) is 12.6. The minimum Gasteiger partial charge on any atom is -0.250 e. The van der Waals surface area contributed by atoms with Crippen LogP contribution >= 0.6 is 0 Å². The molecule has 0 amide bonds. The summed E-state index contributed by atoms with van der Waals surface area (Å²) in [5.74, 6) is 0. The highest BCUT2D eigenvalue weighted by Crippen LogP contribution is 2.18. The highest BCUT2D eigenvalue weighted by molar-refractivity contribution is 5.23. The van der Waals surface area contributed by atoms with Crippen LogP contribution in [0.3, 0.4) is 0 Å². The fourth-order valence-corrected chi connectivity index (χ4v) is 2.08. The highest BCUT2D eigenvalue weighted by Gasteiger charge is 2.12. The molecule has 0 aliphatic heterocycles. The van der Waals surface area contributed by atoms with E-state index >= 15 is 0 Å². The summed E-state index contributed by atoms with van der Waals surface area (Å²) in [5, 5.41) is 2.01. The van der Waals surface area contributed by atoms with Gasteiger partial charge in [0.2, 0.25) is 0 Å². The molecule has 1 unspecified atom stereocenters. The van der Waals surface area contributed by atoms with Gasteiger partial charge in [0.05, 0.1) is 6.04 Å². The largest absolute Gasteiger partial charge is 0.250 e. The first-order valence-electron chi connectivity index (χ1n) is 6.28. The molecule has 0 aromatic heterocycles. The van der Waals surface area contributed by atoms with Crippen molar-refractivity contribution < 1.29 is 0 Å². The second-order valence-corrected chi connectivity index (χ2v) is 4.68. The highest BCUT2D eigenvalue weighted by atomic mass is 15.5. The van der Waals surface area contributed by atoms with Gasteiger partial charge in [0.1, 0.15) is 0 Å². The van der Waals surface area contributed by atoms with Gasteiger partial charge >= 0.3 is 0 Å². The molecule has 0 spiro atoms. The van der Waals surface area contributed by atoms with Crippen LogP contribution in [-0.2, 0) is 6.42 Å². The van der Waals surface area contributed by atoms with E-state index in [4.69, 9.17) is 0 Å². The predicted octanol–water partition coefficient (Wildman–Crippen LogP) is 3.04. The molecule has 18 heavy (non-hydrogen) atoms. The first kappa shape index (κ1) is 12.8. The molecule has 0 heterocycles. The van der Waals surface area contributed by atoms with E-state index in [0.29, 0.717) is 6.04 Å². The van der Waals surface area contributed by atoms with Gasteiger partial charge in [-0.3, -0.25) is 5.01 Å². The van der Waals surface area contributed by atoms with Crippen molar-refractivity contribution in [2.75, 3.05) is 14.1 Å². The van der Waals surface area contributed by atoms with Crippen LogP contribution in [0, 0.1) is 0 Å². The Kier molecular flexibility index (Phi) is 4.51. The third-order valence-electron chi connectivity index (χ3n) is 2.90. The molecule has 2 aromatic carbocycles. The summed E-state index contributed by atoms with van der Waals surface area (Å²) in [6.07, 6.45) is 0.989. The minimum atomic E-state index is 0.309. The van der Waals surface area contributed by atoms with E-state index in [1.807, 2.05) is 19.1 Å². The zero-order valence-electron chi connectivity index (χ0n) is 11.0. The first-order valence-corrected chi connectivity index (χ1v) is 6.28. The van der Waals surface area contributed by atoms with Crippen LogP contribution < -0.4 is 5.43 Å². The van der Waals surface area contributed by atoms with Crippen molar-refractivity contribution in [3.8, 4) is 0 Å². The summed E-state index contributed by atoms with van der Waals surface area (Å²) in [6, 6.07) is 21.5. The smallest absolute Gasteiger partial charge is 0.0504 e. The van der Waals surface area contributed by atoms with E-state index in [0.717, 1.165) is 6.42 Å². The topological polar surface area (TPSA) is 15.3 Å². The van der Waals surface area contributed by atoms with Gasteiger partial charge in [-0.1, -0.05) is 60.7 Å². The molecule has 2 aromatic rings. The average Bonchev–Trinajstić information content (AvgIpc) is 2.40. The van der Waals surface area contributed by atoms with Crippen LogP contribution in [0.2, 0.25) is 0 Å². The lowest BCUT2D eigenvalue weighted by Crippen LogP contribution is -2.35. The minimum absolute atomic E-state index is 0.309. The van der Waals surface area contributed by atoms with Crippen LogP contribution in [0.5, 0.6) is 0 Å². The van der Waals surface area contributed by atoms with Crippen LogP contribution in [0.25, 0.3) is 0 Å². The molecule has 2 nitrogen and oxygen atoms in total. The molecule has 1 atom stereocenters. The summed E-state index contributed by atoms with van der Waals surface area (Å²) >= 11 is 0. The molecule has 94 valence electrons. The lowest BCUT2D eigenvalue weighted by molar-refractivity contribution is 0.241. The summed E-state index contributed by atoms with van der Waals surface area (Å²) < 4.78 is 0. The van der Waals surface area contributed by atoms with Crippen molar-refractivity contribution in [3.63, 3.8) is 0 Å². The lowest BCUT2D eigenvalue weighted by Gasteiger charge is -2.23. The molecule has 2 rings (SSSR count). The summed E-state index contributed by atoms with van der Waals surface area (Å²) in [4.78, 5) is 0. The Morgan fingerprint density at radius 1 is 0.889 bits per heavy atom. The lowest BCUT2D eigenvalue weighted by atomic mass is 9.99. The molecule has 0 fully saturated rings. The van der Waals surface area contributed by atoms with Crippen molar-refractivity contribution in [2.24, 2.45) is 0 Å². The fourth-order valence-electron chi connectivity index (χ4n) is 2.08. The van der Waals surface area contributed by atoms with Crippen LogP contribution in [0.15, 0.2) is 60.7 Å². The van der Waals surface area contributed by atoms with Gasteiger partial charge in [0.15, 0.2) is 0 Å². The van der Waals surface area contributed by atoms with Gasteiger partial charge in [-0.25, -0.2) is 5.43 Å². The van der Waals surface area contributed by atoms with E-state index < -0.39 is 0 Å². The maximum Gasteiger partial charge on any atom is 0.0504 e.